The van der Waals surface area contributed by atoms with E-state index in [-0.39, 0.29) is 17.6 Å². The largest absolute Gasteiger partial charge is 0.334 e. The Morgan fingerprint density at radius 2 is 1.96 bits per heavy atom. The van der Waals surface area contributed by atoms with Crippen molar-refractivity contribution in [2.24, 2.45) is 0 Å². The van der Waals surface area contributed by atoms with E-state index in [1.807, 2.05) is 13.8 Å². The number of hydrogen-bond acceptors (Lipinski definition) is 6. The Balaban J connectivity index is 1.60. The number of fused-ring (bicyclic) bond motifs is 1. The monoisotopic (exact) mass is 412 g/mol. The molecule has 0 spiro atoms. The molecule has 0 amide bonds. The first-order valence-electron chi connectivity index (χ1n) is 8.13. The standard InChI is InChI=1S/C15H20N6O4S2/c1-12(2)20-10-15(16-11-20)27(24,25)18-6-8-26(22,23)19-13-4-7-21-14(9-13)3-5-17-21/h3-5,7,9-12,18-19H,6,8H2,1-2H3. The average Bonchev–Trinajstić information content (AvgIpc) is 3.23. The highest BCUT2D eigenvalue weighted by Gasteiger charge is 2.19. The summed E-state index contributed by atoms with van der Waals surface area (Å²) in [5, 5.41) is 3.88. The van der Waals surface area contributed by atoms with E-state index in [1.165, 1.54) is 12.5 Å². The zero-order valence-corrected chi connectivity index (χ0v) is 16.4. The molecular formula is C15H20N6O4S2. The first kappa shape index (κ1) is 19.3. The molecule has 0 unspecified atom stereocenters. The van der Waals surface area contributed by atoms with E-state index in [0.717, 1.165) is 5.52 Å². The molecule has 146 valence electrons. The summed E-state index contributed by atoms with van der Waals surface area (Å²) < 4.78 is 56.8. The normalized spacial score (nSPS) is 12.7. The summed E-state index contributed by atoms with van der Waals surface area (Å²) in [7, 11) is -7.61. The van der Waals surface area contributed by atoms with Crippen molar-refractivity contribution in [1.29, 1.82) is 0 Å². The summed E-state index contributed by atoms with van der Waals surface area (Å²) >= 11 is 0. The molecular weight excluding hydrogens is 392 g/mol. The second kappa shape index (κ2) is 7.29. The van der Waals surface area contributed by atoms with E-state index in [0.29, 0.717) is 5.69 Å². The molecule has 2 N–H and O–H groups in total. The number of nitrogens with zero attached hydrogens (tertiary/aromatic N) is 4. The van der Waals surface area contributed by atoms with E-state index in [4.69, 9.17) is 0 Å². The lowest BCUT2D eigenvalue weighted by Crippen LogP contribution is -2.31. The Hall–Kier alpha value is -2.44. The predicted molar refractivity (Wildman–Crippen MR) is 100 cm³/mol. The van der Waals surface area contributed by atoms with Gasteiger partial charge in [0, 0.05) is 31.2 Å². The Morgan fingerprint density at radius 1 is 1.19 bits per heavy atom. The van der Waals surface area contributed by atoms with Gasteiger partial charge in [0.2, 0.25) is 10.0 Å². The fourth-order valence-corrected chi connectivity index (χ4v) is 4.39. The number of anilines is 1. The van der Waals surface area contributed by atoms with Crippen LogP contribution < -0.4 is 9.44 Å². The lowest BCUT2D eigenvalue weighted by Gasteiger charge is -2.09. The van der Waals surface area contributed by atoms with Crippen molar-refractivity contribution in [1.82, 2.24) is 23.9 Å². The third-order valence-corrected chi connectivity index (χ3v) is 6.42. The summed E-state index contributed by atoms with van der Waals surface area (Å²) in [5.41, 5.74) is 1.11. The van der Waals surface area contributed by atoms with Crippen molar-refractivity contribution in [3.63, 3.8) is 0 Å². The smallest absolute Gasteiger partial charge is 0.259 e. The van der Waals surface area contributed by atoms with Gasteiger partial charge in [0.05, 0.1) is 23.3 Å². The van der Waals surface area contributed by atoms with Gasteiger partial charge in [-0.1, -0.05) is 0 Å². The summed E-state index contributed by atoms with van der Waals surface area (Å²) in [6, 6.07) is 5.01. The molecule has 12 heteroatoms. The van der Waals surface area contributed by atoms with Crippen LogP contribution in [0.4, 0.5) is 5.69 Å². The molecule has 3 heterocycles. The molecule has 0 saturated heterocycles. The van der Waals surface area contributed by atoms with Gasteiger partial charge in [0.1, 0.15) is 0 Å². The van der Waals surface area contributed by atoms with Crippen LogP contribution in [-0.4, -0.2) is 48.3 Å². The Bertz CT molecular complexity index is 1150. The maximum atomic E-state index is 12.2. The van der Waals surface area contributed by atoms with Crippen molar-refractivity contribution in [2.45, 2.75) is 24.9 Å². The van der Waals surface area contributed by atoms with E-state index < -0.39 is 25.8 Å². The van der Waals surface area contributed by atoms with Crippen LogP contribution in [0.15, 0.2) is 48.1 Å². The molecule has 0 saturated carbocycles. The molecule has 0 atom stereocenters. The fourth-order valence-electron chi connectivity index (χ4n) is 2.34. The van der Waals surface area contributed by atoms with Gasteiger partial charge in [0.15, 0.2) is 5.03 Å². The lowest BCUT2D eigenvalue weighted by atomic mass is 10.4. The molecule has 0 aromatic carbocycles. The van der Waals surface area contributed by atoms with Crippen LogP contribution >= 0.6 is 0 Å². The molecule has 0 bridgehead atoms. The third-order valence-electron chi connectivity index (χ3n) is 3.79. The van der Waals surface area contributed by atoms with Crippen LogP contribution in [0, 0.1) is 0 Å². The number of pyridine rings is 1. The second-order valence-corrected chi connectivity index (χ2v) is 9.74. The lowest BCUT2D eigenvalue weighted by molar-refractivity contribution is 0.577. The Morgan fingerprint density at radius 3 is 2.67 bits per heavy atom. The maximum absolute atomic E-state index is 12.2. The van der Waals surface area contributed by atoms with Crippen LogP contribution in [0.1, 0.15) is 19.9 Å². The highest BCUT2D eigenvalue weighted by molar-refractivity contribution is 7.92. The van der Waals surface area contributed by atoms with E-state index in [9.17, 15) is 16.8 Å². The fraction of sp³-hybridized carbons (Fsp3) is 0.333. The third kappa shape index (κ3) is 4.64. The summed E-state index contributed by atoms with van der Waals surface area (Å²) in [6.45, 7) is 3.51. The van der Waals surface area contributed by atoms with Crippen molar-refractivity contribution in [3.8, 4) is 0 Å². The van der Waals surface area contributed by atoms with Gasteiger partial charge >= 0.3 is 0 Å². The van der Waals surface area contributed by atoms with Gasteiger partial charge < -0.3 is 4.57 Å². The van der Waals surface area contributed by atoms with Crippen LogP contribution in [0.3, 0.4) is 0 Å². The molecule has 3 aromatic heterocycles. The average molecular weight is 412 g/mol. The molecule has 0 fully saturated rings. The number of nitrogens with one attached hydrogen (secondary N) is 2. The van der Waals surface area contributed by atoms with Gasteiger partial charge in [-0.15, -0.1) is 0 Å². The Labute approximate surface area is 157 Å². The van der Waals surface area contributed by atoms with Gasteiger partial charge in [0.25, 0.3) is 10.0 Å². The summed E-state index contributed by atoms with van der Waals surface area (Å²) in [4.78, 5) is 3.86. The van der Waals surface area contributed by atoms with Crippen LogP contribution in [0.5, 0.6) is 0 Å². The summed E-state index contributed by atoms with van der Waals surface area (Å²) in [5.74, 6) is -0.415. The zero-order chi connectivity index (χ0) is 19.7. The first-order valence-corrected chi connectivity index (χ1v) is 11.3. The molecule has 0 aliphatic heterocycles. The van der Waals surface area contributed by atoms with E-state index in [2.05, 4.69) is 19.5 Å². The number of rotatable bonds is 8. The highest BCUT2D eigenvalue weighted by atomic mass is 32.2. The number of hydrogen-bond donors (Lipinski definition) is 2. The molecule has 27 heavy (non-hydrogen) atoms. The second-order valence-electron chi connectivity index (χ2n) is 6.19. The van der Waals surface area contributed by atoms with E-state index >= 15 is 0 Å². The van der Waals surface area contributed by atoms with Crippen LogP contribution in [0.25, 0.3) is 5.52 Å². The van der Waals surface area contributed by atoms with Gasteiger partial charge in [-0.05, 0) is 32.0 Å². The molecule has 3 aromatic rings. The van der Waals surface area contributed by atoms with Crippen LogP contribution in [0.2, 0.25) is 0 Å². The van der Waals surface area contributed by atoms with Crippen molar-refractivity contribution in [2.75, 3.05) is 17.0 Å². The maximum Gasteiger partial charge on any atom is 0.259 e. The minimum atomic E-state index is -3.88. The SMILES string of the molecule is CC(C)n1cnc(S(=O)(=O)NCCS(=O)(=O)Nc2ccn3nccc3c2)c1. The highest BCUT2D eigenvalue weighted by Crippen LogP contribution is 2.13. The van der Waals surface area contributed by atoms with Gasteiger partial charge in [-0.2, -0.15) is 5.10 Å². The molecule has 10 nitrogen and oxygen atoms in total. The minimum Gasteiger partial charge on any atom is -0.334 e. The van der Waals surface area contributed by atoms with Crippen molar-refractivity contribution in [3.05, 3.63) is 43.1 Å². The number of aromatic nitrogens is 4. The quantitative estimate of drug-likeness (QED) is 0.564. The van der Waals surface area contributed by atoms with Crippen LogP contribution in [-0.2, 0) is 20.0 Å². The first-order chi connectivity index (χ1) is 12.7. The molecule has 0 aliphatic carbocycles. The van der Waals surface area contributed by atoms with Gasteiger partial charge in [-0.25, -0.2) is 31.1 Å². The van der Waals surface area contributed by atoms with E-state index in [1.54, 1.807) is 39.7 Å². The topological polar surface area (TPSA) is 127 Å². The minimum absolute atomic E-state index is 0.0687. The van der Waals surface area contributed by atoms with Crippen molar-refractivity contribution < 1.29 is 16.8 Å². The molecule has 0 radical (unpaired) electrons. The number of sulfonamides is 2. The van der Waals surface area contributed by atoms with Crippen molar-refractivity contribution >= 4 is 31.3 Å². The molecule has 3 rings (SSSR count). The molecule has 0 aliphatic rings. The van der Waals surface area contributed by atoms with Gasteiger partial charge in [-0.3, -0.25) is 4.72 Å². The number of imidazole rings is 1. The zero-order valence-electron chi connectivity index (χ0n) is 14.8. The summed E-state index contributed by atoms with van der Waals surface area (Å²) in [6.07, 6.45) is 6.05. The predicted octanol–water partition coefficient (Wildman–Crippen LogP) is 0.832. The Kier molecular flexibility index (Phi) is 5.22.